The second-order valence-electron chi connectivity index (χ2n) is 5.36. The van der Waals surface area contributed by atoms with E-state index in [1.807, 2.05) is 11.8 Å². The number of amides is 1. The first kappa shape index (κ1) is 15.1. The van der Waals surface area contributed by atoms with Crippen molar-refractivity contribution < 1.29 is 9.53 Å². The fraction of sp³-hybridized carbons (Fsp3) is 0.533. The molecule has 1 aromatic carbocycles. The summed E-state index contributed by atoms with van der Waals surface area (Å²) in [5.74, 6) is 0.875. The van der Waals surface area contributed by atoms with Crippen molar-refractivity contribution in [1.29, 1.82) is 0 Å². The summed E-state index contributed by atoms with van der Waals surface area (Å²) in [6, 6.07) is 5.21. The van der Waals surface area contributed by atoms with E-state index >= 15 is 0 Å². The highest BCUT2D eigenvalue weighted by Gasteiger charge is 2.27. The third-order valence-electron chi connectivity index (χ3n) is 3.88. The second kappa shape index (κ2) is 6.46. The van der Waals surface area contributed by atoms with Crippen LogP contribution in [0, 0.1) is 5.92 Å². The van der Waals surface area contributed by atoms with Gasteiger partial charge in [-0.2, -0.15) is 0 Å². The van der Waals surface area contributed by atoms with E-state index < -0.39 is 0 Å². The number of carbonyl (C=O) groups is 1. The number of piperidine rings is 1. The molecule has 0 bridgehead atoms. The smallest absolute Gasteiger partial charge is 0.257 e. The molecule has 0 aliphatic carbocycles. The lowest BCUT2D eigenvalue weighted by atomic mass is 9.92. The molecule has 1 aliphatic heterocycles. The minimum Gasteiger partial charge on any atom is -0.496 e. The monoisotopic (exact) mass is 296 g/mol. The molecule has 1 aliphatic rings. The lowest BCUT2D eigenvalue weighted by Gasteiger charge is -2.34. The summed E-state index contributed by atoms with van der Waals surface area (Å²) in [6.45, 7) is 3.48. The molecule has 0 saturated carbocycles. The van der Waals surface area contributed by atoms with Gasteiger partial charge in [-0.15, -0.1) is 0 Å². The number of hydrogen-bond donors (Lipinski definition) is 1. The molecule has 1 saturated heterocycles. The summed E-state index contributed by atoms with van der Waals surface area (Å²) in [5, 5.41) is 0.561. The number of hydrogen-bond acceptors (Lipinski definition) is 3. The molecular weight excluding hydrogens is 276 g/mol. The fourth-order valence-electron chi connectivity index (χ4n) is 2.64. The Bertz CT molecular complexity index is 491. The van der Waals surface area contributed by atoms with E-state index in [4.69, 9.17) is 22.1 Å². The van der Waals surface area contributed by atoms with Crippen molar-refractivity contribution in [3.63, 3.8) is 0 Å². The molecule has 5 heteroatoms. The van der Waals surface area contributed by atoms with Crippen molar-refractivity contribution in [3.8, 4) is 5.75 Å². The molecule has 2 rings (SSSR count). The van der Waals surface area contributed by atoms with Gasteiger partial charge in [0.15, 0.2) is 0 Å². The number of nitrogens with zero attached hydrogens (tertiary/aromatic N) is 1. The van der Waals surface area contributed by atoms with E-state index in [9.17, 15) is 4.79 Å². The van der Waals surface area contributed by atoms with Crippen LogP contribution in [0.5, 0.6) is 5.75 Å². The SMILES string of the molecule is COc1cc(Cl)ccc1C(=O)N1CCC[C@@H]([C@@H](C)N)C1. The predicted octanol–water partition coefficient (Wildman–Crippen LogP) is 2.55. The van der Waals surface area contributed by atoms with Crippen molar-refractivity contribution in [2.75, 3.05) is 20.2 Å². The molecule has 2 atom stereocenters. The van der Waals surface area contributed by atoms with E-state index in [0.29, 0.717) is 28.8 Å². The number of nitrogens with two attached hydrogens (primary N) is 1. The van der Waals surface area contributed by atoms with Crippen molar-refractivity contribution >= 4 is 17.5 Å². The van der Waals surface area contributed by atoms with Gasteiger partial charge in [-0.3, -0.25) is 4.79 Å². The van der Waals surface area contributed by atoms with Crippen LogP contribution in [0.2, 0.25) is 5.02 Å². The highest BCUT2D eigenvalue weighted by Crippen LogP contribution is 2.27. The van der Waals surface area contributed by atoms with Crippen LogP contribution in [0.3, 0.4) is 0 Å². The van der Waals surface area contributed by atoms with E-state index in [0.717, 1.165) is 19.4 Å². The zero-order chi connectivity index (χ0) is 14.7. The average Bonchev–Trinajstić information content (AvgIpc) is 2.46. The summed E-state index contributed by atoms with van der Waals surface area (Å²) in [4.78, 5) is 14.5. The molecule has 0 unspecified atom stereocenters. The molecule has 20 heavy (non-hydrogen) atoms. The fourth-order valence-corrected chi connectivity index (χ4v) is 2.80. The van der Waals surface area contributed by atoms with E-state index in [2.05, 4.69) is 0 Å². The minimum atomic E-state index is -0.0103. The van der Waals surface area contributed by atoms with Crippen LogP contribution in [0.4, 0.5) is 0 Å². The van der Waals surface area contributed by atoms with E-state index in [1.54, 1.807) is 25.3 Å². The van der Waals surface area contributed by atoms with Crippen molar-refractivity contribution in [1.82, 2.24) is 4.90 Å². The van der Waals surface area contributed by atoms with Crippen molar-refractivity contribution in [3.05, 3.63) is 28.8 Å². The standard InChI is InChI=1S/C15H21ClN2O2/c1-10(17)11-4-3-7-18(9-11)15(19)13-6-5-12(16)8-14(13)20-2/h5-6,8,10-11H,3-4,7,9,17H2,1-2H3/t10-,11-/m1/s1. The Hall–Kier alpha value is -1.26. The van der Waals surface area contributed by atoms with E-state index in [-0.39, 0.29) is 11.9 Å². The van der Waals surface area contributed by atoms with Crippen LogP contribution >= 0.6 is 11.6 Å². The van der Waals surface area contributed by atoms with Gasteiger partial charge < -0.3 is 15.4 Å². The number of methoxy groups -OCH3 is 1. The number of halogens is 1. The molecule has 0 aromatic heterocycles. The topological polar surface area (TPSA) is 55.6 Å². The zero-order valence-corrected chi connectivity index (χ0v) is 12.7. The first-order valence-corrected chi connectivity index (χ1v) is 7.29. The Kier molecular flexibility index (Phi) is 4.89. The number of ether oxygens (including phenoxy) is 1. The van der Waals surface area contributed by atoms with Gasteiger partial charge in [0.2, 0.25) is 0 Å². The minimum absolute atomic E-state index is 0.0103. The number of carbonyl (C=O) groups excluding carboxylic acids is 1. The largest absolute Gasteiger partial charge is 0.496 e. The first-order valence-electron chi connectivity index (χ1n) is 6.91. The number of likely N-dealkylation sites (tertiary alicyclic amines) is 1. The molecule has 1 fully saturated rings. The molecule has 110 valence electrons. The summed E-state index contributed by atoms with van der Waals surface area (Å²) in [5.41, 5.74) is 6.52. The highest BCUT2D eigenvalue weighted by atomic mass is 35.5. The van der Waals surface area contributed by atoms with Gasteiger partial charge in [0.25, 0.3) is 5.91 Å². The number of rotatable bonds is 3. The lowest BCUT2D eigenvalue weighted by Crippen LogP contribution is -2.45. The van der Waals surface area contributed by atoms with Crippen LogP contribution < -0.4 is 10.5 Å². The van der Waals surface area contributed by atoms with Crippen LogP contribution in [-0.2, 0) is 0 Å². The van der Waals surface area contributed by atoms with Gasteiger partial charge in [0, 0.05) is 24.2 Å². The summed E-state index contributed by atoms with van der Waals surface area (Å²) >= 11 is 5.93. The molecule has 1 amide bonds. The van der Waals surface area contributed by atoms with Gasteiger partial charge in [0.1, 0.15) is 5.75 Å². The molecule has 0 spiro atoms. The van der Waals surface area contributed by atoms with Gasteiger partial charge in [-0.1, -0.05) is 11.6 Å². The lowest BCUT2D eigenvalue weighted by molar-refractivity contribution is 0.0657. The first-order chi connectivity index (χ1) is 9.52. The Balaban J connectivity index is 2.18. The number of benzene rings is 1. The van der Waals surface area contributed by atoms with Gasteiger partial charge in [-0.25, -0.2) is 0 Å². The van der Waals surface area contributed by atoms with Crippen LogP contribution in [0.15, 0.2) is 18.2 Å². The van der Waals surface area contributed by atoms with Crippen LogP contribution in [-0.4, -0.2) is 37.0 Å². The maximum Gasteiger partial charge on any atom is 0.257 e. The van der Waals surface area contributed by atoms with Gasteiger partial charge in [-0.05, 0) is 43.9 Å². The van der Waals surface area contributed by atoms with Gasteiger partial charge >= 0.3 is 0 Å². The molecule has 4 nitrogen and oxygen atoms in total. The van der Waals surface area contributed by atoms with Crippen LogP contribution in [0.25, 0.3) is 0 Å². The van der Waals surface area contributed by atoms with E-state index in [1.165, 1.54) is 0 Å². The maximum atomic E-state index is 12.6. The summed E-state index contributed by atoms with van der Waals surface area (Å²) < 4.78 is 5.26. The van der Waals surface area contributed by atoms with Crippen molar-refractivity contribution in [2.45, 2.75) is 25.8 Å². The molecule has 1 heterocycles. The van der Waals surface area contributed by atoms with Crippen molar-refractivity contribution in [2.24, 2.45) is 11.7 Å². The molecular formula is C15H21ClN2O2. The zero-order valence-electron chi connectivity index (χ0n) is 11.9. The second-order valence-corrected chi connectivity index (χ2v) is 5.79. The maximum absolute atomic E-state index is 12.6. The Morgan fingerprint density at radius 3 is 2.95 bits per heavy atom. The summed E-state index contributed by atoms with van der Waals surface area (Å²) in [7, 11) is 1.55. The Morgan fingerprint density at radius 2 is 2.30 bits per heavy atom. The third kappa shape index (κ3) is 3.25. The molecule has 2 N–H and O–H groups in total. The molecule has 0 radical (unpaired) electrons. The third-order valence-corrected chi connectivity index (χ3v) is 4.12. The predicted molar refractivity (Wildman–Crippen MR) is 80.3 cm³/mol. The Morgan fingerprint density at radius 1 is 1.55 bits per heavy atom. The molecule has 1 aromatic rings. The normalized spacial score (nSPS) is 20.6. The van der Waals surface area contributed by atoms with Gasteiger partial charge in [0.05, 0.1) is 12.7 Å². The quantitative estimate of drug-likeness (QED) is 0.932. The Labute approximate surface area is 124 Å². The van der Waals surface area contributed by atoms with Crippen LogP contribution in [0.1, 0.15) is 30.1 Å². The summed E-state index contributed by atoms with van der Waals surface area (Å²) in [6.07, 6.45) is 2.08. The average molecular weight is 297 g/mol. The highest BCUT2D eigenvalue weighted by molar-refractivity contribution is 6.30.